The molecule has 0 bridgehead atoms. The van der Waals surface area contributed by atoms with Crippen molar-refractivity contribution in [3.05, 3.63) is 89.5 Å². The zero-order chi connectivity index (χ0) is 18.5. The van der Waals surface area contributed by atoms with Gasteiger partial charge in [-0.2, -0.15) is 5.26 Å². The average Bonchev–Trinajstić information content (AvgIpc) is 3.11. The Morgan fingerprint density at radius 3 is 2.38 bits per heavy atom. The number of hydrogen-bond donors (Lipinski definition) is 1. The summed E-state index contributed by atoms with van der Waals surface area (Å²) >= 11 is 0. The van der Waals surface area contributed by atoms with Gasteiger partial charge in [0.25, 0.3) is 11.7 Å². The smallest absolute Gasteiger partial charge is 0.298 e. The predicted molar refractivity (Wildman–Crippen MR) is 94.1 cm³/mol. The SMILES string of the molecule is N#Cc1ccc(NC(=O)C(=O)c2cccn2Cc2ccc(F)cc2)cc1. The molecule has 1 heterocycles. The molecule has 0 aliphatic rings. The van der Waals surface area contributed by atoms with Gasteiger partial charge in [0, 0.05) is 18.4 Å². The quantitative estimate of drug-likeness (QED) is 0.568. The van der Waals surface area contributed by atoms with Crippen molar-refractivity contribution < 1.29 is 14.0 Å². The van der Waals surface area contributed by atoms with E-state index in [1.54, 1.807) is 59.3 Å². The molecular weight excluding hydrogens is 333 g/mol. The second-order valence-corrected chi connectivity index (χ2v) is 5.62. The first-order valence-corrected chi connectivity index (χ1v) is 7.82. The Labute approximate surface area is 149 Å². The largest absolute Gasteiger partial charge is 0.340 e. The van der Waals surface area contributed by atoms with Crippen molar-refractivity contribution in [2.24, 2.45) is 0 Å². The fraction of sp³-hybridized carbons (Fsp3) is 0.0500. The van der Waals surface area contributed by atoms with Gasteiger partial charge in [0.15, 0.2) is 0 Å². The highest BCUT2D eigenvalue weighted by Crippen LogP contribution is 2.12. The highest BCUT2D eigenvalue weighted by atomic mass is 19.1. The number of halogens is 1. The van der Waals surface area contributed by atoms with E-state index in [9.17, 15) is 14.0 Å². The number of aromatic nitrogens is 1. The Morgan fingerprint density at radius 2 is 1.73 bits per heavy atom. The Hall–Kier alpha value is -3.72. The van der Waals surface area contributed by atoms with Gasteiger partial charge in [0.1, 0.15) is 5.82 Å². The number of anilines is 1. The zero-order valence-electron chi connectivity index (χ0n) is 13.6. The third-order valence-electron chi connectivity index (χ3n) is 3.81. The number of Topliss-reactive ketones (excluding diaryl/α,β-unsaturated/α-hetero) is 1. The van der Waals surface area contributed by atoms with Gasteiger partial charge in [-0.05, 0) is 54.1 Å². The Kier molecular flexibility index (Phi) is 4.90. The molecule has 1 N–H and O–H groups in total. The molecular formula is C20H14FN3O2. The molecule has 0 fully saturated rings. The Balaban J connectivity index is 1.73. The number of carbonyl (C=O) groups excluding carboxylic acids is 2. The molecule has 0 atom stereocenters. The maximum absolute atomic E-state index is 13.0. The van der Waals surface area contributed by atoms with Gasteiger partial charge >= 0.3 is 0 Å². The summed E-state index contributed by atoms with van der Waals surface area (Å²) < 4.78 is 14.6. The van der Waals surface area contributed by atoms with E-state index in [0.717, 1.165) is 5.56 Å². The van der Waals surface area contributed by atoms with Gasteiger partial charge < -0.3 is 9.88 Å². The van der Waals surface area contributed by atoms with E-state index in [1.165, 1.54) is 12.1 Å². The van der Waals surface area contributed by atoms with E-state index >= 15 is 0 Å². The summed E-state index contributed by atoms with van der Waals surface area (Å²) in [4.78, 5) is 24.7. The lowest BCUT2D eigenvalue weighted by Crippen LogP contribution is -2.25. The summed E-state index contributed by atoms with van der Waals surface area (Å²) in [5, 5.41) is 11.3. The molecule has 1 amide bonds. The van der Waals surface area contributed by atoms with Gasteiger partial charge in [-0.1, -0.05) is 12.1 Å². The van der Waals surface area contributed by atoms with Crippen LogP contribution >= 0.6 is 0 Å². The van der Waals surface area contributed by atoms with Crippen molar-refractivity contribution in [1.29, 1.82) is 5.26 Å². The number of rotatable bonds is 5. The van der Waals surface area contributed by atoms with Crippen molar-refractivity contribution >= 4 is 17.4 Å². The molecule has 26 heavy (non-hydrogen) atoms. The second-order valence-electron chi connectivity index (χ2n) is 5.62. The first-order valence-electron chi connectivity index (χ1n) is 7.82. The molecule has 1 aromatic heterocycles. The lowest BCUT2D eigenvalue weighted by molar-refractivity contribution is -0.112. The van der Waals surface area contributed by atoms with Gasteiger partial charge in [0.2, 0.25) is 0 Å². The summed E-state index contributed by atoms with van der Waals surface area (Å²) in [5.41, 5.74) is 1.94. The van der Waals surface area contributed by atoms with Crippen LogP contribution in [0.15, 0.2) is 66.9 Å². The minimum absolute atomic E-state index is 0.237. The van der Waals surface area contributed by atoms with E-state index in [4.69, 9.17) is 5.26 Å². The summed E-state index contributed by atoms with van der Waals surface area (Å²) in [6.45, 7) is 0.346. The number of nitrogens with one attached hydrogen (secondary N) is 1. The van der Waals surface area contributed by atoms with Gasteiger partial charge in [0.05, 0.1) is 17.3 Å². The summed E-state index contributed by atoms with van der Waals surface area (Å²) in [6.07, 6.45) is 1.69. The molecule has 0 radical (unpaired) electrons. The molecule has 0 aliphatic heterocycles. The van der Waals surface area contributed by atoms with Crippen LogP contribution in [0.25, 0.3) is 0 Å². The molecule has 128 valence electrons. The maximum Gasteiger partial charge on any atom is 0.298 e. The van der Waals surface area contributed by atoms with Crippen LogP contribution in [-0.2, 0) is 11.3 Å². The molecule has 6 heteroatoms. The molecule has 3 rings (SSSR count). The summed E-state index contributed by atoms with van der Waals surface area (Å²) in [5.74, 6) is -1.78. The number of benzene rings is 2. The van der Waals surface area contributed by atoms with Crippen LogP contribution in [0, 0.1) is 17.1 Å². The van der Waals surface area contributed by atoms with Gasteiger partial charge in [-0.3, -0.25) is 9.59 Å². The van der Waals surface area contributed by atoms with Crippen LogP contribution in [0.1, 0.15) is 21.6 Å². The average molecular weight is 347 g/mol. The third kappa shape index (κ3) is 3.84. The molecule has 0 unspecified atom stereocenters. The van der Waals surface area contributed by atoms with Crippen molar-refractivity contribution in [2.45, 2.75) is 6.54 Å². The Bertz CT molecular complexity index is 983. The number of nitriles is 1. The molecule has 2 aromatic carbocycles. The zero-order valence-corrected chi connectivity index (χ0v) is 13.6. The summed E-state index contributed by atoms with van der Waals surface area (Å²) in [7, 11) is 0. The number of nitrogens with zero attached hydrogens (tertiary/aromatic N) is 2. The lowest BCUT2D eigenvalue weighted by Gasteiger charge is -2.09. The van der Waals surface area contributed by atoms with Crippen LogP contribution in [0.5, 0.6) is 0 Å². The van der Waals surface area contributed by atoms with Gasteiger partial charge in [-0.15, -0.1) is 0 Å². The van der Waals surface area contributed by atoms with Crippen molar-refractivity contribution in [3.63, 3.8) is 0 Å². The van der Waals surface area contributed by atoms with E-state index in [0.29, 0.717) is 17.8 Å². The predicted octanol–water partition coefficient (Wildman–Crippen LogP) is 3.37. The van der Waals surface area contributed by atoms with E-state index < -0.39 is 11.7 Å². The van der Waals surface area contributed by atoms with Crippen molar-refractivity contribution in [2.75, 3.05) is 5.32 Å². The standard InChI is InChI=1S/C20H14FN3O2/c21-16-7-3-15(4-8-16)13-24-11-1-2-18(24)19(25)20(26)23-17-9-5-14(12-22)6-10-17/h1-11H,13H2,(H,23,26). The first-order chi connectivity index (χ1) is 12.6. The van der Waals surface area contributed by atoms with Gasteiger partial charge in [-0.25, -0.2) is 4.39 Å². The molecule has 5 nitrogen and oxygen atoms in total. The van der Waals surface area contributed by atoms with Crippen LogP contribution < -0.4 is 5.32 Å². The maximum atomic E-state index is 13.0. The molecule has 3 aromatic rings. The Morgan fingerprint density at radius 1 is 1.04 bits per heavy atom. The van der Waals surface area contributed by atoms with Crippen LogP contribution in [0.2, 0.25) is 0 Å². The molecule has 0 saturated heterocycles. The van der Waals surface area contributed by atoms with Crippen LogP contribution in [-0.4, -0.2) is 16.3 Å². The third-order valence-corrected chi connectivity index (χ3v) is 3.81. The lowest BCUT2D eigenvalue weighted by atomic mass is 10.2. The van der Waals surface area contributed by atoms with Crippen molar-refractivity contribution in [1.82, 2.24) is 4.57 Å². The molecule has 0 aliphatic carbocycles. The number of ketones is 1. The fourth-order valence-corrected chi connectivity index (χ4v) is 2.48. The number of amides is 1. The van der Waals surface area contributed by atoms with E-state index in [2.05, 4.69) is 5.32 Å². The number of hydrogen-bond acceptors (Lipinski definition) is 3. The first kappa shape index (κ1) is 17.1. The topological polar surface area (TPSA) is 74.9 Å². The van der Waals surface area contributed by atoms with Crippen LogP contribution in [0.3, 0.4) is 0 Å². The molecule has 0 spiro atoms. The normalized spacial score (nSPS) is 10.2. The highest BCUT2D eigenvalue weighted by molar-refractivity contribution is 6.46. The minimum Gasteiger partial charge on any atom is -0.340 e. The van der Waals surface area contributed by atoms with E-state index in [1.807, 2.05) is 6.07 Å². The number of carbonyl (C=O) groups is 2. The molecule has 0 saturated carbocycles. The highest BCUT2D eigenvalue weighted by Gasteiger charge is 2.20. The van der Waals surface area contributed by atoms with Crippen molar-refractivity contribution in [3.8, 4) is 6.07 Å². The summed E-state index contributed by atoms with van der Waals surface area (Å²) in [6, 6.07) is 17.4. The van der Waals surface area contributed by atoms with Crippen LogP contribution in [0.4, 0.5) is 10.1 Å². The monoisotopic (exact) mass is 347 g/mol. The van der Waals surface area contributed by atoms with E-state index in [-0.39, 0.29) is 11.5 Å². The fourth-order valence-electron chi connectivity index (χ4n) is 2.48. The minimum atomic E-state index is -0.770. The second kappa shape index (κ2) is 7.45.